The first-order valence-corrected chi connectivity index (χ1v) is 10.3. The van der Waals surface area contributed by atoms with Crippen LogP contribution in [0, 0.1) is 11.3 Å². The van der Waals surface area contributed by atoms with Crippen LogP contribution in [0.5, 0.6) is 5.88 Å². The van der Waals surface area contributed by atoms with E-state index in [0.29, 0.717) is 37.6 Å². The van der Waals surface area contributed by atoms with Gasteiger partial charge in [-0.05, 0) is 46.7 Å². The number of ether oxygens (including phenoxy) is 1. The molecule has 8 heteroatoms. The Morgan fingerprint density at radius 3 is 2.87 bits per heavy atom. The van der Waals surface area contributed by atoms with Crippen LogP contribution in [0.25, 0.3) is 0 Å². The van der Waals surface area contributed by atoms with E-state index < -0.39 is 9.84 Å². The van der Waals surface area contributed by atoms with Crippen LogP contribution >= 0.6 is 15.9 Å². The number of fused-ring (bicyclic) bond motifs is 1. The van der Waals surface area contributed by atoms with Crippen molar-refractivity contribution in [3.63, 3.8) is 0 Å². The van der Waals surface area contributed by atoms with E-state index in [1.54, 1.807) is 11.1 Å². The van der Waals surface area contributed by atoms with Crippen molar-refractivity contribution in [1.82, 2.24) is 4.98 Å². The van der Waals surface area contributed by atoms with Crippen molar-refractivity contribution in [2.45, 2.75) is 19.3 Å². The molecule has 2 fully saturated rings. The first-order chi connectivity index (χ1) is 10.9. The molecule has 1 saturated carbocycles. The number of aromatic nitrogens is 1. The first kappa shape index (κ1) is 15.4. The molecule has 0 radical (unpaired) electrons. The van der Waals surface area contributed by atoms with Gasteiger partial charge in [-0.15, -0.1) is 0 Å². The van der Waals surface area contributed by atoms with Crippen molar-refractivity contribution in [1.29, 1.82) is 0 Å². The molecule has 6 nitrogen and oxygen atoms in total. The highest BCUT2D eigenvalue weighted by Gasteiger charge is 2.60. The molecule has 0 bridgehead atoms. The predicted octanol–water partition coefficient (Wildman–Crippen LogP) is 1.78. The summed E-state index contributed by atoms with van der Waals surface area (Å²) in [6.07, 6.45) is 3.67. The molecule has 4 rings (SSSR count). The lowest BCUT2D eigenvalue weighted by atomic mass is 9.95. The number of carbonyl (C=O) groups excluding carboxylic acids is 1. The van der Waals surface area contributed by atoms with Gasteiger partial charge in [0.25, 0.3) is 0 Å². The third-order valence-electron chi connectivity index (χ3n) is 5.22. The summed E-state index contributed by atoms with van der Waals surface area (Å²) in [6, 6.07) is 1.85. The first-order valence-electron chi connectivity index (χ1n) is 7.70. The number of carbonyl (C=O) groups is 1. The van der Waals surface area contributed by atoms with E-state index in [2.05, 4.69) is 20.9 Å². The fourth-order valence-corrected chi connectivity index (χ4v) is 5.64. The van der Waals surface area contributed by atoms with Crippen molar-refractivity contribution >= 4 is 37.4 Å². The molecule has 1 aromatic heterocycles. The van der Waals surface area contributed by atoms with Gasteiger partial charge in [0.1, 0.15) is 22.1 Å². The smallest absolute Gasteiger partial charge is 0.238 e. The van der Waals surface area contributed by atoms with Crippen LogP contribution in [-0.2, 0) is 14.6 Å². The highest BCUT2D eigenvalue weighted by Crippen LogP contribution is 2.60. The van der Waals surface area contributed by atoms with Gasteiger partial charge in [0.15, 0.2) is 0 Å². The number of halogens is 1. The topological polar surface area (TPSA) is 76.6 Å². The monoisotopic (exact) mass is 400 g/mol. The summed E-state index contributed by atoms with van der Waals surface area (Å²) in [7, 11) is -2.90. The maximum absolute atomic E-state index is 12.9. The Labute approximate surface area is 143 Å². The Balaban J connectivity index is 1.55. The molecule has 1 atom stereocenters. The van der Waals surface area contributed by atoms with Gasteiger partial charge >= 0.3 is 0 Å². The molecule has 3 aliphatic rings. The molecule has 1 amide bonds. The van der Waals surface area contributed by atoms with Crippen LogP contribution in [-0.4, -0.2) is 44.0 Å². The minimum atomic E-state index is -2.90. The Hall–Kier alpha value is -1.15. The number of anilines is 1. The number of sulfone groups is 1. The van der Waals surface area contributed by atoms with Crippen molar-refractivity contribution in [3.8, 4) is 5.88 Å². The average molecular weight is 401 g/mol. The van der Waals surface area contributed by atoms with E-state index in [-0.39, 0.29) is 28.7 Å². The highest BCUT2D eigenvalue weighted by atomic mass is 79.9. The second-order valence-corrected chi connectivity index (χ2v) is 9.81. The summed E-state index contributed by atoms with van der Waals surface area (Å²) in [5, 5.41) is 0. The van der Waals surface area contributed by atoms with E-state index in [0.717, 1.165) is 10.9 Å². The quantitative estimate of drug-likeness (QED) is 0.717. The third kappa shape index (κ3) is 2.65. The fraction of sp³-hybridized carbons (Fsp3) is 0.600. The van der Waals surface area contributed by atoms with Gasteiger partial charge in [-0.25, -0.2) is 13.4 Å². The van der Waals surface area contributed by atoms with Crippen molar-refractivity contribution < 1.29 is 17.9 Å². The van der Waals surface area contributed by atoms with Crippen LogP contribution in [0.2, 0.25) is 0 Å². The number of hydrogen-bond acceptors (Lipinski definition) is 5. The van der Waals surface area contributed by atoms with Gasteiger partial charge in [-0.3, -0.25) is 4.79 Å². The number of amides is 1. The van der Waals surface area contributed by atoms with E-state index in [4.69, 9.17) is 4.74 Å². The van der Waals surface area contributed by atoms with E-state index in [1.807, 2.05) is 6.07 Å². The molecule has 1 spiro atoms. The van der Waals surface area contributed by atoms with Gasteiger partial charge in [-0.1, -0.05) is 0 Å². The molecule has 1 unspecified atom stereocenters. The molecule has 1 aliphatic carbocycles. The molecule has 1 saturated heterocycles. The Morgan fingerprint density at radius 1 is 1.39 bits per heavy atom. The zero-order chi connectivity index (χ0) is 16.2. The van der Waals surface area contributed by atoms with Crippen LogP contribution in [0.1, 0.15) is 19.3 Å². The van der Waals surface area contributed by atoms with E-state index in [1.165, 1.54) is 0 Å². The molecule has 23 heavy (non-hydrogen) atoms. The molecule has 124 valence electrons. The fourth-order valence-electron chi connectivity index (χ4n) is 3.69. The molecular weight excluding hydrogens is 384 g/mol. The van der Waals surface area contributed by atoms with E-state index >= 15 is 0 Å². The number of rotatable bonds is 1. The lowest BCUT2D eigenvalue weighted by Gasteiger charge is -2.30. The Kier molecular flexibility index (Phi) is 3.46. The van der Waals surface area contributed by atoms with E-state index in [9.17, 15) is 13.2 Å². The summed E-state index contributed by atoms with van der Waals surface area (Å²) in [5.41, 5.74) is 0.599. The summed E-state index contributed by atoms with van der Waals surface area (Å²) >= 11 is 3.38. The minimum Gasteiger partial charge on any atom is -0.474 e. The molecule has 1 aromatic rings. The standard InChI is InChI=1S/C15H17BrN2O4S/c16-10-7-12-13(17-9-10)22-4-3-18(12)14(19)11-8-15(11)1-5-23(20,21)6-2-15/h7,9,11H,1-6,8H2. The highest BCUT2D eigenvalue weighted by molar-refractivity contribution is 9.10. The zero-order valence-corrected chi connectivity index (χ0v) is 14.9. The SMILES string of the molecule is O=C(C1CC12CCS(=O)(=O)CC2)N1CCOc2ncc(Br)cc21. The van der Waals surface area contributed by atoms with Crippen LogP contribution in [0.4, 0.5) is 5.69 Å². The number of pyridine rings is 1. The Morgan fingerprint density at radius 2 is 2.13 bits per heavy atom. The lowest BCUT2D eigenvalue weighted by molar-refractivity contribution is -0.121. The summed E-state index contributed by atoms with van der Waals surface area (Å²) in [4.78, 5) is 18.9. The van der Waals surface area contributed by atoms with Crippen molar-refractivity contribution in [2.75, 3.05) is 29.6 Å². The Bertz CT molecular complexity index is 766. The van der Waals surface area contributed by atoms with Crippen molar-refractivity contribution in [2.24, 2.45) is 11.3 Å². The summed E-state index contributed by atoms with van der Waals surface area (Å²) in [5.74, 6) is 0.915. The van der Waals surface area contributed by atoms with Gasteiger partial charge in [0.2, 0.25) is 11.8 Å². The average Bonchev–Trinajstić information content (AvgIpc) is 3.24. The van der Waals surface area contributed by atoms with Crippen LogP contribution in [0.15, 0.2) is 16.7 Å². The minimum absolute atomic E-state index is 0.0667. The number of hydrogen-bond donors (Lipinski definition) is 0. The second kappa shape index (κ2) is 5.17. The lowest BCUT2D eigenvalue weighted by Crippen LogP contribution is -2.40. The summed E-state index contributed by atoms with van der Waals surface area (Å²) < 4.78 is 29.6. The largest absolute Gasteiger partial charge is 0.474 e. The predicted molar refractivity (Wildman–Crippen MR) is 88.2 cm³/mol. The number of nitrogens with zero attached hydrogens (tertiary/aromatic N) is 2. The van der Waals surface area contributed by atoms with Gasteiger partial charge < -0.3 is 9.64 Å². The molecule has 3 heterocycles. The molecule has 0 aromatic carbocycles. The summed E-state index contributed by atoms with van der Waals surface area (Å²) in [6.45, 7) is 0.941. The maximum atomic E-state index is 12.9. The third-order valence-corrected chi connectivity index (χ3v) is 7.31. The van der Waals surface area contributed by atoms with Gasteiger partial charge in [0.05, 0.1) is 18.1 Å². The molecule has 2 aliphatic heterocycles. The normalized spacial score (nSPS) is 27.2. The van der Waals surface area contributed by atoms with Crippen molar-refractivity contribution in [3.05, 3.63) is 16.7 Å². The molecular formula is C15H17BrN2O4S. The van der Waals surface area contributed by atoms with Crippen LogP contribution < -0.4 is 9.64 Å². The second-order valence-electron chi connectivity index (χ2n) is 6.59. The van der Waals surface area contributed by atoms with Gasteiger partial charge in [0, 0.05) is 16.6 Å². The van der Waals surface area contributed by atoms with Gasteiger partial charge in [-0.2, -0.15) is 0 Å². The maximum Gasteiger partial charge on any atom is 0.238 e. The van der Waals surface area contributed by atoms with Crippen LogP contribution in [0.3, 0.4) is 0 Å². The molecule has 0 N–H and O–H groups in total. The zero-order valence-electron chi connectivity index (χ0n) is 12.5.